The van der Waals surface area contributed by atoms with Gasteiger partial charge in [0.1, 0.15) is 0 Å². The molecule has 2 amide bonds. The average molecular weight is 373 g/mol. The van der Waals surface area contributed by atoms with Crippen LogP contribution in [0.3, 0.4) is 0 Å². The lowest BCUT2D eigenvalue weighted by atomic mass is 9.83. The van der Waals surface area contributed by atoms with Crippen LogP contribution in [0.4, 0.5) is 4.79 Å². The van der Waals surface area contributed by atoms with Crippen LogP contribution in [0.5, 0.6) is 0 Å². The third-order valence-electron chi connectivity index (χ3n) is 5.38. The highest BCUT2D eigenvalue weighted by Crippen LogP contribution is 2.44. The van der Waals surface area contributed by atoms with Crippen LogP contribution in [0.25, 0.3) is 0 Å². The number of carbonyl (C=O) groups excluding carboxylic acids is 2. The van der Waals surface area contributed by atoms with E-state index in [9.17, 15) is 9.59 Å². The molecule has 0 bridgehead atoms. The maximum absolute atomic E-state index is 12.8. The Morgan fingerprint density at radius 1 is 1.33 bits per heavy atom. The highest BCUT2D eigenvalue weighted by atomic mass is 16.6. The van der Waals surface area contributed by atoms with Crippen molar-refractivity contribution in [2.24, 2.45) is 17.6 Å². The Labute approximate surface area is 159 Å². The summed E-state index contributed by atoms with van der Waals surface area (Å²) in [6, 6.07) is 8.42. The fraction of sp³-hybridized carbons (Fsp3) is 0.500. The number of hydrogen-bond donors (Lipinski definition) is 2. The molecule has 1 fully saturated rings. The van der Waals surface area contributed by atoms with E-state index in [0.717, 1.165) is 0 Å². The summed E-state index contributed by atoms with van der Waals surface area (Å²) in [5.74, 6) is -0.369. The van der Waals surface area contributed by atoms with Crippen LogP contribution >= 0.6 is 0 Å². The van der Waals surface area contributed by atoms with Crippen LogP contribution < -0.4 is 11.1 Å². The van der Waals surface area contributed by atoms with Crippen LogP contribution in [-0.2, 0) is 9.47 Å². The Balaban J connectivity index is 1.93. The zero-order chi connectivity index (χ0) is 19.8. The molecule has 3 rings (SSSR count). The fourth-order valence-corrected chi connectivity index (χ4v) is 3.71. The topological polar surface area (TPSA) is 93.9 Å². The number of urea groups is 1. The molecule has 0 saturated carbocycles. The Hall–Kier alpha value is -2.38. The van der Waals surface area contributed by atoms with E-state index < -0.39 is 24.0 Å². The van der Waals surface area contributed by atoms with E-state index in [0.29, 0.717) is 5.56 Å². The molecule has 0 aromatic heterocycles. The Morgan fingerprint density at radius 2 is 2.00 bits per heavy atom. The van der Waals surface area contributed by atoms with Gasteiger partial charge in [-0.3, -0.25) is 4.90 Å². The van der Waals surface area contributed by atoms with Crippen LogP contribution in [0.1, 0.15) is 38.1 Å². The zero-order valence-corrected chi connectivity index (χ0v) is 16.1. The first-order chi connectivity index (χ1) is 12.7. The lowest BCUT2D eigenvalue weighted by Gasteiger charge is -2.39. The number of amides is 2. The van der Waals surface area contributed by atoms with Gasteiger partial charge in [0.25, 0.3) is 0 Å². The summed E-state index contributed by atoms with van der Waals surface area (Å²) >= 11 is 0. The normalized spacial score (nSPS) is 33.3. The van der Waals surface area contributed by atoms with Gasteiger partial charge in [-0.2, -0.15) is 0 Å². The van der Waals surface area contributed by atoms with Crippen molar-refractivity contribution in [1.29, 1.82) is 0 Å². The number of esters is 1. The van der Waals surface area contributed by atoms with Crippen molar-refractivity contribution in [2.45, 2.75) is 51.8 Å². The monoisotopic (exact) mass is 373 g/mol. The molecule has 7 nitrogen and oxygen atoms in total. The minimum Gasteiger partial charge on any atom is -0.451 e. The van der Waals surface area contributed by atoms with Gasteiger partial charge in [-0.25, -0.2) is 9.59 Å². The summed E-state index contributed by atoms with van der Waals surface area (Å²) in [6.07, 6.45) is 1.79. The number of hydrogen-bond acceptors (Lipinski definition) is 5. The summed E-state index contributed by atoms with van der Waals surface area (Å²) < 4.78 is 12.2. The standard InChI is InChI=1S/C20H27N3O4/c1-12(2)16-13(3)20(4,27-17(24)14-8-6-5-7-9-14)18(26-16)23-11-10-15(21)22-19(23)25/h5-13,15-16,18H,21H2,1-4H3,(H,22,25)/t13-,15?,16-,18-,20-/m1/s1. The van der Waals surface area contributed by atoms with E-state index in [1.807, 2.05) is 33.8 Å². The molecule has 5 atom stereocenters. The van der Waals surface area contributed by atoms with Gasteiger partial charge in [0.05, 0.1) is 17.8 Å². The zero-order valence-electron chi connectivity index (χ0n) is 16.1. The number of nitrogens with zero attached hydrogens (tertiary/aromatic N) is 1. The second-order valence-electron chi connectivity index (χ2n) is 7.65. The second-order valence-corrected chi connectivity index (χ2v) is 7.65. The summed E-state index contributed by atoms with van der Waals surface area (Å²) in [4.78, 5) is 26.7. The van der Waals surface area contributed by atoms with Gasteiger partial charge in [0.2, 0.25) is 0 Å². The van der Waals surface area contributed by atoms with E-state index in [1.165, 1.54) is 4.90 Å². The average Bonchev–Trinajstić information content (AvgIpc) is 2.87. The molecule has 1 aromatic carbocycles. The van der Waals surface area contributed by atoms with E-state index in [-0.39, 0.29) is 24.0 Å². The summed E-state index contributed by atoms with van der Waals surface area (Å²) in [6.45, 7) is 7.90. The van der Waals surface area contributed by atoms with E-state index in [2.05, 4.69) is 5.32 Å². The number of benzene rings is 1. The Morgan fingerprint density at radius 3 is 2.59 bits per heavy atom. The molecule has 2 heterocycles. The largest absolute Gasteiger partial charge is 0.451 e. The maximum Gasteiger partial charge on any atom is 0.338 e. The maximum atomic E-state index is 12.8. The predicted octanol–water partition coefficient (Wildman–Crippen LogP) is 2.44. The number of nitrogens with two attached hydrogens (primary N) is 1. The molecule has 3 N–H and O–H groups in total. The third kappa shape index (κ3) is 3.57. The predicted molar refractivity (Wildman–Crippen MR) is 100 cm³/mol. The molecule has 2 aliphatic heterocycles. The van der Waals surface area contributed by atoms with Crippen molar-refractivity contribution < 1.29 is 19.1 Å². The van der Waals surface area contributed by atoms with Crippen molar-refractivity contribution in [2.75, 3.05) is 0 Å². The fourth-order valence-electron chi connectivity index (χ4n) is 3.71. The van der Waals surface area contributed by atoms with Crippen LogP contribution in [0, 0.1) is 11.8 Å². The van der Waals surface area contributed by atoms with Gasteiger partial charge in [0, 0.05) is 12.1 Å². The number of rotatable bonds is 4. The van der Waals surface area contributed by atoms with Crippen molar-refractivity contribution >= 4 is 12.0 Å². The summed E-state index contributed by atoms with van der Waals surface area (Å²) in [5.41, 5.74) is 5.18. The highest BCUT2D eigenvalue weighted by molar-refractivity contribution is 5.89. The van der Waals surface area contributed by atoms with Crippen molar-refractivity contribution in [3.05, 3.63) is 48.2 Å². The van der Waals surface area contributed by atoms with Crippen molar-refractivity contribution in [3.8, 4) is 0 Å². The minimum absolute atomic E-state index is 0.119. The first kappa shape index (κ1) is 19.4. The molecule has 1 saturated heterocycles. The first-order valence-electron chi connectivity index (χ1n) is 9.20. The molecule has 27 heavy (non-hydrogen) atoms. The Kier molecular flexibility index (Phi) is 5.26. The van der Waals surface area contributed by atoms with E-state index in [4.69, 9.17) is 15.2 Å². The third-order valence-corrected chi connectivity index (χ3v) is 5.38. The molecule has 2 aliphatic rings. The van der Waals surface area contributed by atoms with Gasteiger partial charge in [-0.15, -0.1) is 0 Å². The molecule has 1 aromatic rings. The molecule has 0 aliphatic carbocycles. The van der Waals surface area contributed by atoms with Gasteiger partial charge in [-0.05, 0) is 31.1 Å². The molecule has 0 radical (unpaired) electrons. The van der Waals surface area contributed by atoms with E-state index >= 15 is 0 Å². The highest BCUT2D eigenvalue weighted by Gasteiger charge is 2.58. The molecule has 0 spiro atoms. The van der Waals surface area contributed by atoms with Gasteiger partial charge in [0.15, 0.2) is 11.8 Å². The molecule has 1 unspecified atom stereocenters. The number of carbonyl (C=O) groups is 2. The van der Waals surface area contributed by atoms with Gasteiger partial charge < -0.3 is 20.5 Å². The SMILES string of the molecule is CC(C)[C@H]1O[C@@H](N2C=CC(N)NC2=O)[C@](C)(OC(=O)c2ccccc2)[C@@H]1C. The van der Waals surface area contributed by atoms with Crippen LogP contribution in [0.15, 0.2) is 42.6 Å². The molecule has 7 heteroatoms. The molecular weight excluding hydrogens is 346 g/mol. The van der Waals surface area contributed by atoms with Gasteiger partial charge >= 0.3 is 12.0 Å². The lowest BCUT2D eigenvalue weighted by Crippen LogP contribution is -2.59. The van der Waals surface area contributed by atoms with Crippen molar-refractivity contribution in [1.82, 2.24) is 10.2 Å². The number of nitrogens with one attached hydrogen (secondary N) is 1. The first-order valence-corrected chi connectivity index (χ1v) is 9.20. The van der Waals surface area contributed by atoms with E-state index in [1.54, 1.807) is 36.5 Å². The van der Waals surface area contributed by atoms with Gasteiger partial charge in [-0.1, -0.05) is 39.0 Å². The minimum atomic E-state index is -1.02. The quantitative estimate of drug-likeness (QED) is 0.791. The second kappa shape index (κ2) is 7.32. The summed E-state index contributed by atoms with van der Waals surface area (Å²) in [7, 11) is 0. The van der Waals surface area contributed by atoms with Crippen LogP contribution in [0.2, 0.25) is 0 Å². The summed E-state index contributed by atoms with van der Waals surface area (Å²) in [5, 5.41) is 2.65. The molecular formula is C20H27N3O4. The smallest absolute Gasteiger partial charge is 0.338 e. The van der Waals surface area contributed by atoms with Crippen molar-refractivity contribution in [3.63, 3.8) is 0 Å². The molecule has 146 valence electrons. The lowest BCUT2D eigenvalue weighted by molar-refractivity contribution is -0.109. The van der Waals surface area contributed by atoms with Crippen LogP contribution in [-0.4, -0.2) is 41.0 Å². The Bertz CT molecular complexity index is 736. The number of ether oxygens (including phenoxy) is 2.